The van der Waals surface area contributed by atoms with Crippen LogP contribution in [0.25, 0.3) is 0 Å². The first kappa shape index (κ1) is 14.3. The lowest BCUT2D eigenvalue weighted by Crippen LogP contribution is -2.50. The summed E-state index contributed by atoms with van der Waals surface area (Å²) >= 11 is 0. The van der Waals surface area contributed by atoms with Gasteiger partial charge in [-0.05, 0) is 25.2 Å². The van der Waals surface area contributed by atoms with Crippen molar-refractivity contribution in [3.63, 3.8) is 0 Å². The van der Waals surface area contributed by atoms with Crippen molar-refractivity contribution in [2.24, 2.45) is 5.92 Å². The van der Waals surface area contributed by atoms with Crippen LogP contribution in [0.1, 0.15) is 26.2 Å². The molecule has 4 heteroatoms. The summed E-state index contributed by atoms with van der Waals surface area (Å²) in [5.41, 5.74) is 0. The zero-order chi connectivity index (χ0) is 12.8. The summed E-state index contributed by atoms with van der Waals surface area (Å²) in [5.74, 6) is 0.930. The average Bonchev–Trinajstić information content (AvgIpc) is 2.82. The van der Waals surface area contributed by atoms with Gasteiger partial charge in [-0.25, -0.2) is 0 Å². The first-order valence-corrected chi connectivity index (χ1v) is 7.44. The molecule has 2 atom stereocenters. The molecule has 0 amide bonds. The van der Waals surface area contributed by atoms with Crippen LogP contribution in [0.15, 0.2) is 0 Å². The number of piperazine rings is 1. The van der Waals surface area contributed by atoms with Gasteiger partial charge >= 0.3 is 0 Å². The Morgan fingerprint density at radius 1 is 1.11 bits per heavy atom. The van der Waals surface area contributed by atoms with Gasteiger partial charge in [-0.2, -0.15) is 0 Å². The Hall–Kier alpha value is -0.160. The second-order valence-corrected chi connectivity index (χ2v) is 5.79. The number of rotatable bonds is 6. The maximum absolute atomic E-state index is 8.64. The monoisotopic (exact) mass is 256 g/mol. The SMILES string of the molecule is C[C@H]1CC[C@H](N2CCN(CCOCCO)CC2)C1. The van der Waals surface area contributed by atoms with E-state index in [-0.39, 0.29) is 6.61 Å². The molecule has 4 nitrogen and oxygen atoms in total. The van der Waals surface area contributed by atoms with Crippen LogP contribution in [0.2, 0.25) is 0 Å². The van der Waals surface area contributed by atoms with Crippen molar-refractivity contribution >= 4 is 0 Å². The zero-order valence-electron chi connectivity index (χ0n) is 11.7. The molecule has 18 heavy (non-hydrogen) atoms. The molecule has 0 aromatic rings. The van der Waals surface area contributed by atoms with Gasteiger partial charge in [0.15, 0.2) is 0 Å². The summed E-state index contributed by atoms with van der Waals surface area (Å²) in [5, 5.41) is 8.64. The maximum Gasteiger partial charge on any atom is 0.0698 e. The number of hydrogen-bond acceptors (Lipinski definition) is 4. The smallest absolute Gasteiger partial charge is 0.0698 e. The van der Waals surface area contributed by atoms with Gasteiger partial charge in [0.1, 0.15) is 0 Å². The Labute approximate surface area is 111 Å². The highest BCUT2D eigenvalue weighted by Gasteiger charge is 2.28. The Balaban J connectivity index is 1.59. The van der Waals surface area contributed by atoms with Gasteiger partial charge < -0.3 is 9.84 Å². The lowest BCUT2D eigenvalue weighted by molar-refractivity contribution is 0.0488. The van der Waals surface area contributed by atoms with E-state index < -0.39 is 0 Å². The van der Waals surface area contributed by atoms with E-state index in [2.05, 4.69) is 16.7 Å². The molecule has 1 heterocycles. The molecule has 0 aromatic carbocycles. The summed E-state index contributed by atoms with van der Waals surface area (Å²) in [4.78, 5) is 5.17. The standard InChI is InChI=1S/C14H28N2O2/c1-13-2-3-14(12-13)16-6-4-15(5-7-16)8-10-18-11-9-17/h13-14,17H,2-12H2,1H3/t13-,14-/m0/s1. The summed E-state index contributed by atoms with van der Waals surface area (Å²) < 4.78 is 5.32. The van der Waals surface area contributed by atoms with E-state index in [1.165, 1.54) is 45.4 Å². The average molecular weight is 256 g/mol. The van der Waals surface area contributed by atoms with E-state index in [4.69, 9.17) is 9.84 Å². The molecular formula is C14H28N2O2. The van der Waals surface area contributed by atoms with Crippen LogP contribution >= 0.6 is 0 Å². The van der Waals surface area contributed by atoms with Crippen LogP contribution in [0, 0.1) is 5.92 Å². The minimum atomic E-state index is 0.133. The van der Waals surface area contributed by atoms with Crippen LogP contribution in [0.4, 0.5) is 0 Å². The zero-order valence-corrected chi connectivity index (χ0v) is 11.7. The Kier molecular flexibility index (Phi) is 5.89. The molecule has 0 aromatic heterocycles. The van der Waals surface area contributed by atoms with E-state index in [9.17, 15) is 0 Å². The van der Waals surface area contributed by atoms with Crippen molar-refractivity contribution in [3.05, 3.63) is 0 Å². The molecule has 0 bridgehead atoms. The van der Waals surface area contributed by atoms with Crippen LogP contribution in [0.5, 0.6) is 0 Å². The molecule has 0 unspecified atom stereocenters. The van der Waals surface area contributed by atoms with Crippen molar-refractivity contribution in [1.82, 2.24) is 9.80 Å². The van der Waals surface area contributed by atoms with Crippen LogP contribution in [0.3, 0.4) is 0 Å². The molecule has 2 aliphatic rings. The highest BCUT2D eigenvalue weighted by atomic mass is 16.5. The van der Waals surface area contributed by atoms with E-state index in [1.807, 2.05) is 0 Å². The summed E-state index contributed by atoms with van der Waals surface area (Å²) in [6.45, 7) is 9.54. The topological polar surface area (TPSA) is 35.9 Å². The van der Waals surface area contributed by atoms with Gasteiger partial charge in [-0.15, -0.1) is 0 Å². The first-order valence-electron chi connectivity index (χ1n) is 7.44. The van der Waals surface area contributed by atoms with Crippen molar-refractivity contribution in [2.45, 2.75) is 32.2 Å². The summed E-state index contributed by atoms with van der Waals surface area (Å²) in [6.07, 6.45) is 4.22. The van der Waals surface area contributed by atoms with Crippen LogP contribution < -0.4 is 0 Å². The molecule has 1 aliphatic heterocycles. The molecule has 1 N–H and O–H groups in total. The molecule has 0 spiro atoms. The molecule has 2 rings (SSSR count). The summed E-state index contributed by atoms with van der Waals surface area (Å²) in [6, 6.07) is 0.854. The van der Waals surface area contributed by atoms with E-state index in [0.717, 1.165) is 25.1 Å². The number of ether oxygens (including phenoxy) is 1. The van der Waals surface area contributed by atoms with E-state index >= 15 is 0 Å². The third-order valence-corrected chi connectivity index (χ3v) is 4.38. The lowest BCUT2D eigenvalue weighted by atomic mass is 10.1. The molecule has 2 fully saturated rings. The number of aliphatic hydroxyl groups is 1. The summed E-state index contributed by atoms with van der Waals surface area (Å²) in [7, 11) is 0. The maximum atomic E-state index is 8.64. The van der Waals surface area contributed by atoms with E-state index in [1.54, 1.807) is 0 Å². The third kappa shape index (κ3) is 4.19. The minimum Gasteiger partial charge on any atom is -0.394 e. The van der Waals surface area contributed by atoms with Gasteiger partial charge in [0.05, 0.1) is 19.8 Å². The van der Waals surface area contributed by atoms with Crippen LogP contribution in [-0.2, 0) is 4.74 Å². The fraction of sp³-hybridized carbons (Fsp3) is 1.00. The highest BCUT2D eigenvalue weighted by Crippen LogP contribution is 2.29. The molecular weight excluding hydrogens is 228 g/mol. The Bertz CT molecular complexity index is 230. The quantitative estimate of drug-likeness (QED) is 0.713. The largest absolute Gasteiger partial charge is 0.394 e. The minimum absolute atomic E-state index is 0.133. The van der Waals surface area contributed by atoms with Gasteiger partial charge in [-0.1, -0.05) is 6.92 Å². The lowest BCUT2D eigenvalue weighted by Gasteiger charge is -2.38. The van der Waals surface area contributed by atoms with Crippen LogP contribution in [-0.4, -0.2) is 73.5 Å². The van der Waals surface area contributed by atoms with Crippen molar-refractivity contribution < 1.29 is 9.84 Å². The normalized spacial score (nSPS) is 31.0. The van der Waals surface area contributed by atoms with Gasteiger partial charge in [0.25, 0.3) is 0 Å². The second kappa shape index (κ2) is 7.43. The van der Waals surface area contributed by atoms with Crippen molar-refractivity contribution in [3.8, 4) is 0 Å². The molecule has 1 saturated carbocycles. The number of hydrogen-bond donors (Lipinski definition) is 1. The number of nitrogens with zero attached hydrogens (tertiary/aromatic N) is 2. The fourth-order valence-electron chi connectivity index (χ4n) is 3.22. The molecule has 1 aliphatic carbocycles. The first-order chi connectivity index (χ1) is 8.79. The van der Waals surface area contributed by atoms with Gasteiger partial charge in [0, 0.05) is 38.8 Å². The Morgan fingerprint density at radius 3 is 2.50 bits per heavy atom. The van der Waals surface area contributed by atoms with Crippen molar-refractivity contribution in [2.75, 3.05) is 52.5 Å². The third-order valence-electron chi connectivity index (χ3n) is 4.38. The predicted molar refractivity (Wildman–Crippen MR) is 72.7 cm³/mol. The number of aliphatic hydroxyl groups excluding tert-OH is 1. The predicted octanol–water partition coefficient (Wildman–Crippen LogP) is 0.802. The van der Waals surface area contributed by atoms with Gasteiger partial charge in [0.2, 0.25) is 0 Å². The Morgan fingerprint density at radius 2 is 1.89 bits per heavy atom. The second-order valence-electron chi connectivity index (χ2n) is 5.79. The van der Waals surface area contributed by atoms with Crippen molar-refractivity contribution in [1.29, 1.82) is 0 Å². The fourth-order valence-corrected chi connectivity index (χ4v) is 3.22. The molecule has 106 valence electrons. The molecule has 0 radical (unpaired) electrons. The highest BCUT2D eigenvalue weighted by molar-refractivity contribution is 4.84. The van der Waals surface area contributed by atoms with E-state index in [0.29, 0.717) is 6.61 Å². The van der Waals surface area contributed by atoms with Gasteiger partial charge in [-0.3, -0.25) is 9.80 Å². The molecule has 1 saturated heterocycles.